The summed E-state index contributed by atoms with van der Waals surface area (Å²) >= 11 is 0. The molecule has 0 amide bonds. The Bertz CT molecular complexity index is 746. The number of pyridine rings is 1. The van der Waals surface area contributed by atoms with Gasteiger partial charge in [-0.25, -0.2) is 4.57 Å². The van der Waals surface area contributed by atoms with Gasteiger partial charge < -0.3 is 0 Å². The topological polar surface area (TPSA) is 3.88 Å². The normalized spacial score (nSPS) is 17.9. The first-order valence-corrected chi connectivity index (χ1v) is 7.07. The van der Waals surface area contributed by atoms with Gasteiger partial charge in [-0.15, -0.1) is 0 Å². The highest BCUT2D eigenvalue weighted by atomic mass is 14.9. The standard InChI is InChI=1S/C19H26N/c1-13(2)16(5)18-11-19(20(6)12-15(18)4)17-10-8-7-9-14(17)3/h7-13,16H,1-6H3/q+1/i4D3,16D. The van der Waals surface area contributed by atoms with Crippen LogP contribution in [0.3, 0.4) is 0 Å². The number of aryl methyl sites for hydroxylation is 3. The van der Waals surface area contributed by atoms with Crippen LogP contribution in [0.2, 0.25) is 0 Å². The SMILES string of the molecule is [2H]C([2H])([2H])c1c[n+](C)c(-c2ccccc2C)cc1C([2H])(C)C(C)C. The Morgan fingerprint density at radius 1 is 1.15 bits per heavy atom. The van der Waals surface area contributed by atoms with Gasteiger partial charge >= 0.3 is 0 Å². The third kappa shape index (κ3) is 2.77. The van der Waals surface area contributed by atoms with Crippen molar-refractivity contribution in [3.8, 4) is 11.3 Å². The Balaban J connectivity index is 2.81. The molecule has 1 aromatic heterocycles. The van der Waals surface area contributed by atoms with E-state index in [1.54, 1.807) is 13.1 Å². The average molecular weight is 272 g/mol. The van der Waals surface area contributed by atoms with Crippen molar-refractivity contribution in [2.24, 2.45) is 13.0 Å². The van der Waals surface area contributed by atoms with E-state index in [2.05, 4.69) is 0 Å². The molecule has 0 radical (unpaired) electrons. The van der Waals surface area contributed by atoms with Gasteiger partial charge in [0.2, 0.25) is 5.69 Å². The summed E-state index contributed by atoms with van der Waals surface area (Å²) in [5.41, 5.74) is 3.94. The first-order valence-electron chi connectivity index (χ1n) is 9.07. The van der Waals surface area contributed by atoms with Gasteiger partial charge in [0.25, 0.3) is 0 Å². The molecule has 20 heavy (non-hydrogen) atoms. The van der Waals surface area contributed by atoms with Crippen molar-refractivity contribution in [3.05, 3.63) is 53.2 Å². The highest BCUT2D eigenvalue weighted by Gasteiger charge is 2.19. The van der Waals surface area contributed by atoms with Gasteiger partial charge in [-0.05, 0) is 42.8 Å². The van der Waals surface area contributed by atoms with E-state index in [9.17, 15) is 0 Å². The Kier molecular flexibility index (Phi) is 2.93. The third-order valence-electron chi connectivity index (χ3n) is 3.99. The van der Waals surface area contributed by atoms with Crippen LogP contribution in [0.5, 0.6) is 0 Å². The molecule has 1 aromatic carbocycles. The monoisotopic (exact) mass is 272 g/mol. The molecule has 0 bridgehead atoms. The largest absolute Gasteiger partial charge is 0.212 e. The van der Waals surface area contributed by atoms with Crippen LogP contribution in [0, 0.1) is 19.7 Å². The Hall–Kier alpha value is -1.63. The van der Waals surface area contributed by atoms with Gasteiger partial charge in [-0.1, -0.05) is 39.0 Å². The van der Waals surface area contributed by atoms with E-state index in [0.717, 1.165) is 16.8 Å². The van der Waals surface area contributed by atoms with Crippen LogP contribution < -0.4 is 4.57 Å². The van der Waals surface area contributed by atoms with Crippen LogP contribution in [-0.4, -0.2) is 0 Å². The molecule has 106 valence electrons. The van der Waals surface area contributed by atoms with Crippen LogP contribution in [-0.2, 0) is 7.05 Å². The first kappa shape index (κ1) is 10.1. The molecule has 0 N–H and O–H groups in total. The van der Waals surface area contributed by atoms with Crippen molar-refractivity contribution in [1.82, 2.24) is 0 Å². The Labute approximate surface area is 128 Å². The molecule has 0 aliphatic carbocycles. The molecule has 1 unspecified atom stereocenters. The van der Waals surface area contributed by atoms with Gasteiger partial charge in [-0.2, -0.15) is 0 Å². The number of benzene rings is 1. The van der Waals surface area contributed by atoms with E-state index in [1.807, 2.05) is 62.7 Å². The maximum absolute atomic E-state index is 8.77. The number of rotatable bonds is 3. The second-order valence-electron chi connectivity index (χ2n) is 5.75. The second-order valence-corrected chi connectivity index (χ2v) is 5.75. The van der Waals surface area contributed by atoms with Gasteiger partial charge in [0, 0.05) is 22.7 Å². The summed E-state index contributed by atoms with van der Waals surface area (Å²) in [6.07, 6.45) is 1.67. The zero-order valence-corrected chi connectivity index (χ0v) is 13.0. The quantitative estimate of drug-likeness (QED) is 0.721. The second kappa shape index (κ2) is 5.78. The van der Waals surface area contributed by atoms with Gasteiger partial charge in [0.05, 0.1) is 0 Å². The van der Waals surface area contributed by atoms with Crippen molar-refractivity contribution in [1.29, 1.82) is 0 Å². The fourth-order valence-electron chi connectivity index (χ4n) is 2.41. The molecule has 0 fully saturated rings. The van der Waals surface area contributed by atoms with E-state index in [0.29, 0.717) is 5.56 Å². The molecule has 2 rings (SSSR count). The zero-order valence-electron chi connectivity index (χ0n) is 17.0. The number of hydrogen-bond acceptors (Lipinski definition) is 0. The maximum Gasteiger partial charge on any atom is 0.212 e. The molecule has 0 aliphatic rings. The minimum atomic E-state index is -2.24. The Morgan fingerprint density at radius 3 is 2.45 bits per heavy atom. The lowest BCUT2D eigenvalue weighted by Crippen LogP contribution is -2.32. The predicted octanol–water partition coefficient (Wildman–Crippen LogP) is 4.55. The first-order chi connectivity index (χ1) is 11.0. The minimum Gasteiger partial charge on any atom is -0.201 e. The van der Waals surface area contributed by atoms with Gasteiger partial charge in [-0.3, -0.25) is 0 Å². The summed E-state index contributed by atoms with van der Waals surface area (Å²) in [5, 5.41) is 0. The van der Waals surface area contributed by atoms with E-state index in [-0.39, 0.29) is 11.5 Å². The van der Waals surface area contributed by atoms with Crippen molar-refractivity contribution >= 4 is 0 Å². The van der Waals surface area contributed by atoms with Crippen LogP contribution >= 0.6 is 0 Å². The highest BCUT2D eigenvalue weighted by molar-refractivity contribution is 5.61. The van der Waals surface area contributed by atoms with Crippen LogP contribution in [0.25, 0.3) is 11.3 Å². The lowest BCUT2D eigenvalue weighted by Gasteiger charge is -2.18. The van der Waals surface area contributed by atoms with E-state index < -0.39 is 12.7 Å². The Morgan fingerprint density at radius 2 is 1.85 bits per heavy atom. The van der Waals surface area contributed by atoms with E-state index >= 15 is 0 Å². The van der Waals surface area contributed by atoms with E-state index in [4.69, 9.17) is 5.48 Å². The number of aromatic nitrogens is 1. The fourth-order valence-corrected chi connectivity index (χ4v) is 2.41. The molecular formula is C19H26N+. The van der Waals surface area contributed by atoms with Gasteiger partial charge in [0.15, 0.2) is 6.20 Å². The molecule has 2 aromatic rings. The van der Waals surface area contributed by atoms with Crippen molar-refractivity contribution in [2.75, 3.05) is 0 Å². The summed E-state index contributed by atoms with van der Waals surface area (Å²) in [6, 6.07) is 9.91. The zero-order chi connectivity index (χ0) is 18.3. The summed E-state index contributed by atoms with van der Waals surface area (Å²) in [5.74, 6) is -0.980. The fraction of sp³-hybridized carbons (Fsp3) is 0.421. The van der Waals surface area contributed by atoms with Crippen molar-refractivity contribution in [3.63, 3.8) is 0 Å². The van der Waals surface area contributed by atoms with Gasteiger partial charge in [0.1, 0.15) is 7.05 Å². The molecule has 1 atom stereocenters. The lowest BCUT2D eigenvalue weighted by molar-refractivity contribution is -0.660. The summed E-state index contributed by atoms with van der Waals surface area (Å²) < 4.78 is 34.3. The smallest absolute Gasteiger partial charge is 0.201 e. The molecule has 1 heteroatoms. The lowest BCUT2D eigenvalue weighted by atomic mass is 9.87. The highest BCUT2D eigenvalue weighted by Crippen LogP contribution is 2.29. The molecule has 0 saturated heterocycles. The molecule has 1 nitrogen and oxygen atoms in total. The molecule has 0 saturated carbocycles. The maximum atomic E-state index is 8.77. The molecule has 0 aliphatic heterocycles. The van der Waals surface area contributed by atoms with Crippen LogP contribution in [0.1, 0.15) is 48.8 Å². The van der Waals surface area contributed by atoms with E-state index in [1.165, 1.54) is 0 Å². The van der Waals surface area contributed by atoms with Crippen molar-refractivity contribution in [2.45, 2.75) is 40.4 Å². The summed E-state index contributed by atoms with van der Waals surface area (Å²) in [6.45, 7) is 5.50. The predicted molar refractivity (Wildman–Crippen MR) is 85.8 cm³/mol. The third-order valence-corrected chi connectivity index (χ3v) is 3.99. The molecule has 1 heterocycles. The molecule has 0 spiro atoms. The van der Waals surface area contributed by atoms with Crippen molar-refractivity contribution < 1.29 is 10.1 Å². The summed E-state index contributed by atoms with van der Waals surface area (Å²) in [4.78, 5) is 0. The minimum absolute atomic E-state index is 0.00368. The van der Waals surface area contributed by atoms with Crippen LogP contribution in [0.4, 0.5) is 0 Å². The average Bonchev–Trinajstić information content (AvgIpc) is 2.46. The summed E-state index contributed by atoms with van der Waals surface area (Å²) in [7, 11) is 1.86. The number of nitrogens with zero attached hydrogens (tertiary/aromatic N) is 1. The van der Waals surface area contributed by atoms with Crippen LogP contribution in [0.15, 0.2) is 36.5 Å². The molecular weight excluding hydrogens is 242 g/mol. The number of hydrogen-bond donors (Lipinski definition) is 0.